The quantitative estimate of drug-likeness (QED) is 0.389. The molecule has 2 fully saturated rings. The number of nitrogens with zero attached hydrogens (tertiary/aromatic N) is 6. The van der Waals surface area contributed by atoms with Crippen LogP contribution in [-0.4, -0.2) is 66.0 Å². The Kier molecular flexibility index (Phi) is 9.18. The molecular formula is C27H30F6N6O. The molecule has 0 saturated carbocycles. The molecule has 0 radical (unpaired) electrons. The highest BCUT2D eigenvalue weighted by molar-refractivity contribution is 5.87. The highest BCUT2D eigenvalue weighted by Crippen LogP contribution is 2.34. The van der Waals surface area contributed by atoms with E-state index in [0.717, 1.165) is 12.1 Å². The number of hydrogen-bond acceptors (Lipinski definition) is 7. The van der Waals surface area contributed by atoms with Crippen LogP contribution < -0.4 is 9.80 Å². The molecule has 7 nitrogen and oxygen atoms in total. The molecule has 1 aromatic heterocycles. The van der Waals surface area contributed by atoms with E-state index in [4.69, 9.17) is 5.26 Å². The van der Waals surface area contributed by atoms with Gasteiger partial charge in [-0.05, 0) is 43.4 Å². The van der Waals surface area contributed by atoms with Crippen LogP contribution in [0.2, 0.25) is 0 Å². The predicted octanol–water partition coefficient (Wildman–Crippen LogP) is 5.11. The number of carbonyl (C=O) groups is 1. The number of ketones is 1. The summed E-state index contributed by atoms with van der Waals surface area (Å²) in [7, 11) is 0. The Bertz CT molecular complexity index is 1200. The van der Waals surface area contributed by atoms with Crippen LogP contribution in [0.25, 0.3) is 0 Å². The summed E-state index contributed by atoms with van der Waals surface area (Å²) in [6.45, 7) is 3.06. The zero-order valence-electron chi connectivity index (χ0n) is 21.8. The fourth-order valence-electron chi connectivity index (χ4n) is 5.14. The van der Waals surface area contributed by atoms with Crippen LogP contribution in [0.15, 0.2) is 30.3 Å². The zero-order chi connectivity index (χ0) is 28.9. The van der Waals surface area contributed by atoms with Gasteiger partial charge in [-0.2, -0.15) is 31.6 Å². The second-order valence-corrected chi connectivity index (χ2v) is 10.0. The lowest BCUT2D eigenvalue weighted by molar-refractivity contribution is -0.144. The molecule has 2 aromatic rings. The number of halogens is 6. The minimum absolute atomic E-state index is 0.0582. The molecule has 1 aromatic carbocycles. The molecule has 0 N–H and O–H groups in total. The van der Waals surface area contributed by atoms with Gasteiger partial charge in [0.05, 0.1) is 17.7 Å². The minimum Gasteiger partial charge on any atom is -0.354 e. The SMILES string of the molecule is N#CCCN1CCN(c2cc(N3CCC[C@H]3C(=O)CCCc3ccc(C(F)(F)F)cc3)nc(C(F)(F)F)n2)CC1. The number of Topliss-reactive ketones (excluding diaryl/α,β-unsaturated/α-hetero) is 1. The monoisotopic (exact) mass is 568 g/mol. The van der Waals surface area contributed by atoms with Crippen LogP contribution in [0, 0.1) is 11.3 Å². The van der Waals surface area contributed by atoms with Crippen molar-refractivity contribution in [3.63, 3.8) is 0 Å². The van der Waals surface area contributed by atoms with E-state index in [-0.39, 0.29) is 23.8 Å². The van der Waals surface area contributed by atoms with Crippen LogP contribution in [0.5, 0.6) is 0 Å². The molecule has 0 amide bonds. The standard InChI is InChI=1S/C27H30F6N6O/c28-26(29,30)20-9-7-19(8-10-20)4-1-6-22(40)21-5-2-13-39(21)24-18-23(35-25(36-24)27(31,32)33)38-16-14-37(15-17-38)12-3-11-34/h7-10,18,21H,1-6,12-17H2/t21-/m0/s1. The first-order valence-corrected chi connectivity index (χ1v) is 13.2. The molecule has 3 heterocycles. The number of piperazine rings is 1. The van der Waals surface area contributed by atoms with Gasteiger partial charge in [-0.15, -0.1) is 0 Å². The van der Waals surface area contributed by atoms with Gasteiger partial charge in [0, 0.05) is 58.2 Å². The van der Waals surface area contributed by atoms with Crippen LogP contribution in [0.1, 0.15) is 49.1 Å². The van der Waals surface area contributed by atoms with Crippen molar-refractivity contribution in [2.24, 2.45) is 0 Å². The predicted molar refractivity (Wildman–Crippen MR) is 136 cm³/mol. The molecule has 2 aliphatic heterocycles. The van der Waals surface area contributed by atoms with E-state index in [2.05, 4.69) is 20.9 Å². The van der Waals surface area contributed by atoms with E-state index in [1.807, 2.05) is 0 Å². The maximum Gasteiger partial charge on any atom is 0.451 e. The normalized spacial score (nSPS) is 18.7. The summed E-state index contributed by atoms with van der Waals surface area (Å²) >= 11 is 0. The summed E-state index contributed by atoms with van der Waals surface area (Å²) in [6.07, 6.45) is -6.73. The largest absolute Gasteiger partial charge is 0.451 e. The molecule has 2 aliphatic rings. The number of anilines is 2. The first-order valence-electron chi connectivity index (χ1n) is 13.2. The van der Waals surface area contributed by atoms with Crippen molar-refractivity contribution in [1.82, 2.24) is 14.9 Å². The lowest BCUT2D eigenvalue weighted by Crippen LogP contribution is -2.47. The number of aryl methyl sites for hydroxylation is 1. The van der Waals surface area contributed by atoms with Crippen molar-refractivity contribution < 1.29 is 31.1 Å². The van der Waals surface area contributed by atoms with Crippen molar-refractivity contribution in [3.8, 4) is 6.07 Å². The molecule has 0 aliphatic carbocycles. The molecule has 40 heavy (non-hydrogen) atoms. The molecule has 216 valence electrons. The molecule has 4 rings (SSSR count). The van der Waals surface area contributed by atoms with Gasteiger partial charge < -0.3 is 9.80 Å². The summed E-state index contributed by atoms with van der Waals surface area (Å²) in [6, 6.07) is 7.76. The third kappa shape index (κ3) is 7.41. The topological polar surface area (TPSA) is 76.4 Å². The number of carbonyl (C=O) groups excluding carboxylic acids is 1. The van der Waals surface area contributed by atoms with Crippen LogP contribution in [0.4, 0.5) is 38.0 Å². The number of nitriles is 1. The van der Waals surface area contributed by atoms with Gasteiger partial charge in [0.25, 0.3) is 0 Å². The lowest BCUT2D eigenvalue weighted by atomic mass is 10.0. The molecule has 13 heteroatoms. The van der Waals surface area contributed by atoms with Crippen molar-refractivity contribution in [2.45, 2.75) is 56.9 Å². The maximum absolute atomic E-state index is 13.7. The van der Waals surface area contributed by atoms with Crippen LogP contribution >= 0.6 is 0 Å². The third-order valence-electron chi connectivity index (χ3n) is 7.28. The van der Waals surface area contributed by atoms with Crippen molar-refractivity contribution in [1.29, 1.82) is 5.26 Å². The second-order valence-electron chi connectivity index (χ2n) is 10.0. The Morgan fingerprint density at radius 2 is 1.62 bits per heavy atom. The van der Waals surface area contributed by atoms with Gasteiger partial charge in [0.1, 0.15) is 11.6 Å². The Labute approximate surface area is 228 Å². The van der Waals surface area contributed by atoms with Crippen LogP contribution in [0.3, 0.4) is 0 Å². The summed E-state index contributed by atoms with van der Waals surface area (Å²) in [5.74, 6) is -1.18. The third-order valence-corrected chi connectivity index (χ3v) is 7.28. The van der Waals surface area contributed by atoms with Crippen molar-refractivity contribution in [3.05, 3.63) is 47.3 Å². The smallest absolute Gasteiger partial charge is 0.354 e. The molecule has 0 unspecified atom stereocenters. The van der Waals surface area contributed by atoms with Crippen LogP contribution in [-0.2, 0) is 23.6 Å². The summed E-state index contributed by atoms with van der Waals surface area (Å²) in [4.78, 5) is 26.2. The number of aromatic nitrogens is 2. The second kappa shape index (κ2) is 12.4. The molecular weight excluding hydrogens is 538 g/mol. The van der Waals surface area contributed by atoms with E-state index in [9.17, 15) is 31.1 Å². The first-order chi connectivity index (χ1) is 19.0. The summed E-state index contributed by atoms with van der Waals surface area (Å²) in [5.41, 5.74) is -0.0655. The van der Waals surface area contributed by atoms with Gasteiger partial charge in [-0.1, -0.05) is 12.1 Å². The maximum atomic E-state index is 13.7. The first kappa shape index (κ1) is 29.6. The molecule has 1 atom stereocenters. The van der Waals surface area contributed by atoms with E-state index in [1.165, 1.54) is 18.2 Å². The molecule has 0 spiro atoms. The van der Waals surface area contributed by atoms with E-state index < -0.39 is 29.8 Å². The van der Waals surface area contributed by atoms with Crippen molar-refractivity contribution in [2.75, 3.05) is 49.1 Å². The minimum atomic E-state index is -4.76. The fourth-order valence-corrected chi connectivity index (χ4v) is 5.14. The Morgan fingerprint density at radius 1 is 0.950 bits per heavy atom. The molecule has 2 saturated heterocycles. The van der Waals surface area contributed by atoms with Gasteiger partial charge >= 0.3 is 12.4 Å². The number of rotatable bonds is 9. The van der Waals surface area contributed by atoms with Gasteiger partial charge in [0.15, 0.2) is 5.78 Å². The Hall–Kier alpha value is -3.40. The average molecular weight is 569 g/mol. The number of benzene rings is 1. The fraction of sp³-hybridized carbons (Fsp3) is 0.556. The zero-order valence-corrected chi connectivity index (χ0v) is 21.8. The Balaban J connectivity index is 1.43. The number of alkyl halides is 6. The van der Waals surface area contributed by atoms with E-state index in [1.54, 1.807) is 9.80 Å². The summed E-state index contributed by atoms with van der Waals surface area (Å²) in [5, 5.41) is 8.79. The van der Waals surface area contributed by atoms with E-state index >= 15 is 0 Å². The Morgan fingerprint density at radius 3 is 2.25 bits per heavy atom. The van der Waals surface area contributed by atoms with E-state index in [0.29, 0.717) is 76.9 Å². The van der Waals surface area contributed by atoms with Gasteiger partial charge in [0.2, 0.25) is 5.82 Å². The van der Waals surface area contributed by atoms with Gasteiger partial charge in [-0.3, -0.25) is 9.69 Å². The average Bonchev–Trinajstić information content (AvgIpc) is 3.42. The highest BCUT2D eigenvalue weighted by atomic mass is 19.4. The lowest BCUT2D eigenvalue weighted by Gasteiger charge is -2.35. The van der Waals surface area contributed by atoms with Crippen molar-refractivity contribution >= 4 is 17.4 Å². The highest BCUT2D eigenvalue weighted by Gasteiger charge is 2.38. The summed E-state index contributed by atoms with van der Waals surface area (Å²) < 4.78 is 79.5. The van der Waals surface area contributed by atoms with Gasteiger partial charge in [-0.25, -0.2) is 9.97 Å². The number of hydrogen-bond donors (Lipinski definition) is 0. The molecule has 0 bridgehead atoms.